The molecule has 1 aromatic heterocycles. The molecule has 0 N–H and O–H groups in total. The van der Waals surface area contributed by atoms with Gasteiger partial charge in [-0.05, 0) is 42.7 Å². The molecule has 2 bridgehead atoms. The minimum absolute atomic E-state index is 0.0760. The Labute approximate surface area is 155 Å². The quantitative estimate of drug-likeness (QED) is 0.349. The summed E-state index contributed by atoms with van der Waals surface area (Å²) in [6.07, 6.45) is 2.65. The summed E-state index contributed by atoms with van der Waals surface area (Å²) in [5.41, 5.74) is -1.02. The largest absolute Gasteiger partial charge is 0.458 e. The number of ether oxygens (including phenoxy) is 1. The van der Waals surface area contributed by atoms with Crippen molar-refractivity contribution in [3.63, 3.8) is 0 Å². The summed E-state index contributed by atoms with van der Waals surface area (Å²) in [7, 11) is 0. The molecule has 7 nitrogen and oxygen atoms in total. The lowest BCUT2D eigenvalue weighted by molar-refractivity contribution is -0.384. The van der Waals surface area contributed by atoms with E-state index in [-0.39, 0.29) is 33.8 Å². The number of rotatable bonds is 3. The van der Waals surface area contributed by atoms with E-state index in [2.05, 4.69) is 20.8 Å². The molecule has 3 unspecified atom stereocenters. The van der Waals surface area contributed by atoms with E-state index in [4.69, 9.17) is 9.15 Å². The van der Waals surface area contributed by atoms with Crippen molar-refractivity contribution in [2.24, 2.45) is 16.7 Å². The molecular weight excluding hydrogens is 350 g/mol. The molecular formula is C20H21NO6. The molecule has 7 heteroatoms. The minimum atomic E-state index is -0.797. The smallest absolute Gasteiger partial charge is 0.351 e. The highest BCUT2D eigenvalue weighted by atomic mass is 16.6. The Morgan fingerprint density at radius 1 is 1.30 bits per heavy atom. The maximum Gasteiger partial charge on any atom is 0.351 e. The van der Waals surface area contributed by atoms with Gasteiger partial charge < -0.3 is 9.15 Å². The lowest BCUT2D eigenvalue weighted by atomic mass is 9.70. The molecule has 2 aromatic rings. The van der Waals surface area contributed by atoms with Gasteiger partial charge in [0.1, 0.15) is 17.3 Å². The van der Waals surface area contributed by atoms with Crippen LogP contribution in [0.3, 0.4) is 0 Å². The van der Waals surface area contributed by atoms with Crippen LogP contribution in [-0.2, 0) is 4.74 Å². The molecule has 2 aliphatic carbocycles. The Morgan fingerprint density at radius 2 is 2.04 bits per heavy atom. The zero-order valence-electron chi connectivity index (χ0n) is 15.5. The van der Waals surface area contributed by atoms with Crippen molar-refractivity contribution in [1.29, 1.82) is 0 Å². The second-order valence-corrected chi connectivity index (χ2v) is 8.43. The standard InChI is InChI=1S/C20H21NO6/c1-19(2)12-6-7-20(19,3)16(10-12)27-18(23)14-9-11-8-13(21(24)25)4-5-15(11)26-17(14)22/h4-5,8-9,12,16H,6-7,10H2,1-3H3. The number of nitro groups is 1. The van der Waals surface area contributed by atoms with Crippen LogP contribution < -0.4 is 5.63 Å². The number of nitro benzene ring substituents is 1. The number of carbonyl (C=O) groups excluding carboxylic acids is 1. The number of fused-ring (bicyclic) bond motifs is 3. The summed E-state index contributed by atoms with van der Waals surface area (Å²) in [6.45, 7) is 6.56. The Balaban J connectivity index is 1.66. The maximum absolute atomic E-state index is 12.7. The second kappa shape index (κ2) is 5.65. The molecule has 3 atom stereocenters. The van der Waals surface area contributed by atoms with Crippen LogP contribution in [0.4, 0.5) is 5.69 Å². The molecule has 0 aliphatic heterocycles. The Kier molecular flexibility index (Phi) is 3.70. The summed E-state index contributed by atoms with van der Waals surface area (Å²) < 4.78 is 10.9. The SMILES string of the molecule is CC1(C)C2CCC1(C)C(OC(=O)c1cc3cc([N+](=O)[O-])ccc3oc1=O)C2. The van der Waals surface area contributed by atoms with Crippen molar-refractivity contribution in [2.45, 2.75) is 46.1 Å². The monoisotopic (exact) mass is 371 g/mol. The Hall–Kier alpha value is -2.70. The maximum atomic E-state index is 12.7. The van der Waals surface area contributed by atoms with Gasteiger partial charge in [-0.25, -0.2) is 9.59 Å². The van der Waals surface area contributed by atoms with E-state index in [0.29, 0.717) is 11.3 Å². The van der Waals surface area contributed by atoms with Gasteiger partial charge in [0.15, 0.2) is 0 Å². The van der Waals surface area contributed by atoms with Crippen LogP contribution in [-0.4, -0.2) is 17.0 Å². The van der Waals surface area contributed by atoms with E-state index in [1.54, 1.807) is 0 Å². The van der Waals surface area contributed by atoms with Gasteiger partial charge in [-0.2, -0.15) is 0 Å². The van der Waals surface area contributed by atoms with Gasteiger partial charge in [-0.15, -0.1) is 0 Å². The lowest BCUT2D eigenvalue weighted by Gasteiger charge is -2.38. The van der Waals surface area contributed by atoms with Gasteiger partial charge in [-0.1, -0.05) is 20.8 Å². The number of hydrogen-bond donors (Lipinski definition) is 0. The van der Waals surface area contributed by atoms with Crippen molar-refractivity contribution >= 4 is 22.6 Å². The van der Waals surface area contributed by atoms with Crippen LogP contribution in [0.25, 0.3) is 11.0 Å². The zero-order chi connectivity index (χ0) is 19.6. The summed E-state index contributed by atoms with van der Waals surface area (Å²) in [6, 6.07) is 5.19. The van der Waals surface area contributed by atoms with Gasteiger partial charge >= 0.3 is 11.6 Å². The van der Waals surface area contributed by atoms with Crippen LogP contribution in [0.2, 0.25) is 0 Å². The van der Waals surface area contributed by atoms with Crippen molar-refractivity contribution in [2.75, 3.05) is 0 Å². The molecule has 4 rings (SSSR count). The van der Waals surface area contributed by atoms with E-state index in [1.807, 2.05) is 0 Å². The lowest BCUT2D eigenvalue weighted by Crippen LogP contribution is -2.38. The van der Waals surface area contributed by atoms with E-state index in [9.17, 15) is 19.7 Å². The predicted octanol–water partition coefficient (Wildman–Crippen LogP) is 4.07. The first-order valence-corrected chi connectivity index (χ1v) is 9.07. The fourth-order valence-corrected chi connectivity index (χ4v) is 4.87. The summed E-state index contributed by atoms with van der Waals surface area (Å²) in [5.74, 6) is -0.234. The first kappa shape index (κ1) is 17.7. The molecule has 27 heavy (non-hydrogen) atoms. The van der Waals surface area contributed by atoms with E-state index < -0.39 is 16.5 Å². The third kappa shape index (κ3) is 2.48. The van der Waals surface area contributed by atoms with Crippen LogP contribution >= 0.6 is 0 Å². The first-order valence-electron chi connectivity index (χ1n) is 9.07. The number of nitrogens with zero attached hydrogens (tertiary/aromatic N) is 1. The topological polar surface area (TPSA) is 99.7 Å². The third-order valence-electron chi connectivity index (χ3n) is 7.11. The van der Waals surface area contributed by atoms with Crippen LogP contribution in [0.15, 0.2) is 33.5 Å². The van der Waals surface area contributed by atoms with Gasteiger partial charge in [0.25, 0.3) is 5.69 Å². The number of non-ortho nitro benzene ring substituents is 1. The summed E-state index contributed by atoms with van der Waals surface area (Å²) >= 11 is 0. The first-order chi connectivity index (χ1) is 12.6. The molecule has 2 fully saturated rings. The highest BCUT2D eigenvalue weighted by molar-refractivity contribution is 5.93. The van der Waals surface area contributed by atoms with Gasteiger partial charge in [0.05, 0.1) is 4.92 Å². The molecule has 1 heterocycles. The van der Waals surface area contributed by atoms with E-state index >= 15 is 0 Å². The molecule has 0 saturated heterocycles. The molecule has 2 saturated carbocycles. The van der Waals surface area contributed by atoms with Gasteiger partial charge in [0, 0.05) is 22.9 Å². The third-order valence-corrected chi connectivity index (χ3v) is 7.11. The number of benzene rings is 1. The van der Waals surface area contributed by atoms with Gasteiger partial charge in [0.2, 0.25) is 0 Å². The normalized spacial score (nSPS) is 28.4. The molecule has 142 valence electrons. The Bertz CT molecular complexity index is 1020. The second-order valence-electron chi connectivity index (χ2n) is 8.43. The van der Waals surface area contributed by atoms with Crippen molar-refractivity contribution < 1.29 is 18.9 Å². The average molecular weight is 371 g/mol. The fraction of sp³-hybridized carbons (Fsp3) is 0.500. The number of esters is 1. The zero-order valence-corrected chi connectivity index (χ0v) is 15.5. The fourth-order valence-electron chi connectivity index (χ4n) is 4.87. The van der Waals surface area contributed by atoms with Gasteiger partial charge in [-0.3, -0.25) is 10.1 Å². The van der Waals surface area contributed by atoms with Crippen molar-refractivity contribution in [3.05, 3.63) is 50.4 Å². The molecule has 0 amide bonds. The van der Waals surface area contributed by atoms with E-state index in [1.165, 1.54) is 24.3 Å². The van der Waals surface area contributed by atoms with Crippen molar-refractivity contribution in [3.8, 4) is 0 Å². The highest BCUT2D eigenvalue weighted by Gasteiger charge is 2.62. The number of carbonyl (C=O) groups is 1. The molecule has 0 spiro atoms. The van der Waals surface area contributed by atoms with Crippen LogP contribution in [0.1, 0.15) is 50.4 Å². The average Bonchev–Trinajstić information content (AvgIpc) is 2.94. The van der Waals surface area contributed by atoms with Crippen molar-refractivity contribution in [1.82, 2.24) is 0 Å². The summed E-state index contributed by atoms with van der Waals surface area (Å²) in [5, 5.41) is 11.3. The molecule has 2 aliphatic rings. The number of hydrogen-bond acceptors (Lipinski definition) is 6. The van der Waals surface area contributed by atoms with E-state index in [0.717, 1.165) is 19.3 Å². The summed E-state index contributed by atoms with van der Waals surface area (Å²) in [4.78, 5) is 35.3. The minimum Gasteiger partial charge on any atom is -0.458 e. The molecule has 1 aromatic carbocycles. The van der Waals surface area contributed by atoms with Crippen LogP contribution in [0.5, 0.6) is 0 Å². The molecule has 0 radical (unpaired) electrons. The van der Waals surface area contributed by atoms with Crippen LogP contribution in [0, 0.1) is 26.9 Å². The highest BCUT2D eigenvalue weighted by Crippen LogP contribution is 2.66. The predicted molar refractivity (Wildman–Crippen MR) is 97.6 cm³/mol. The Morgan fingerprint density at radius 3 is 2.63 bits per heavy atom.